The lowest BCUT2D eigenvalue weighted by Gasteiger charge is -2.00. The summed E-state index contributed by atoms with van der Waals surface area (Å²) in [4.78, 5) is 4.12. The second kappa shape index (κ2) is 2.29. The van der Waals surface area contributed by atoms with Crippen molar-refractivity contribution < 1.29 is 0 Å². The fraction of sp³-hybridized carbons (Fsp3) is 0.125. The Hall–Kier alpha value is -1.91. The third-order valence-corrected chi connectivity index (χ3v) is 2.12. The number of benzene rings is 1. The molecule has 0 fully saturated rings. The number of nitrogen functional groups attached to an aromatic ring is 3. The molecule has 2 aromatic rings. The molecule has 0 aliphatic carbocycles. The summed E-state index contributed by atoms with van der Waals surface area (Å²) in [7, 11) is 1.83. The molecular formula is C8H11N5. The third kappa shape index (κ3) is 0.970. The number of imidazole rings is 1. The van der Waals surface area contributed by atoms with Crippen molar-refractivity contribution in [1.29, 1.82) is 0 Å². The number of hydrogen-bond donors (Lipinski definition) is 3. The fourth-order valence-corrected chi connectivity index (χ4v) is 1.29. The molecule has 0 aliphatic heterocycles. The summed E-state index contributed by atoms with van der Waals surface area (Å²) >= 11 is 0. The first kappa shape index (κ1) is 7.72. The van der Waals surface area contributed by atoms with Crippen molar-refractivity contribution in [3.8, 4) is 0 Å². The first-order valence-electron chi connectivity index (χ1n) is 3.86. The minimum atomic E-state index is 0.458. The van der Waals surface area contributed by atoms with E-state index < -0.39 is 0 Å². The van der Waals surface area contributed by atoms with Gasteiger partial charge >= 0.3 is 0 Å². The van der Waals surface area contributed by atoms with Gasteiger partial charge in [-0.3, -0.25) is 0 Å². The third-order valence-electron chi connectivity index (χ3n) is 2.12. The van der Waals surface area contributed by atoms with Gasteiger partial charge in [0.1, 0.15) is 0 Å². The highest BCUT2D eigenvalue weighted by Gasteiger charge is 2.06. The second-order valence-electron chi connectivity index (χ2n) is 3.00. The molecule has 1 heterocycles. The Balaban J connectivity index is 2.89. The lowest BCUT2D eigenvalue weighted by atomic mass is 10.2. The van der Waals surface area contributed by atoms with Crippen LogP contribution in [0.25, 0.3) is 11.0 Å². The van der Waals surface area contributed by atoms with E-state index in [1.165, 1.54) is 0 Å². The summed E-state index contributed by atoms with van der Waals surface area (Å²) in [6.07, 6.45) is 0. The molecule has 0 atom stereocenters. The molecule has 0 spiro atoms. The zero-order valence-corrected chi connectivity index (χ0v) is 7.28. The van der Waals surface area contributed by atoms with Gasteiger partial charge < -0.3 is 21.8 Å². The number of hydrogen-bond acceptors (Lipinski definition) is 4. The topological polar surface area (TPSA) is 95.9 Å². The molecule has 1 aromatic carbocycles. The predicted molar refractivity (Wildman–Crippen MR) is 54.0 cm³/mol. The van der Waals surface area contributed by atoms with Crippen molar-refractivity contribution in [2.45, 2.75) is 0 Å². The van der Waals surface area contributed by atoms with Crippen molar-refractivity contribution in [2.75, 3.05) is 17.2 Å². The number of fused-ring (bicyclic) bond motifs is 1. The van der Waals surface area contributed by atoms with Crippen molar-refractivity contribution in [3.63, 3.8) is 0 Å². The summed E-state index contributed by atoms with van der Waals surface area (Å²) in [6, 6.07) is 3.50. The molecular weight excluding hydrogens is 166 g/mol. The van der Waals surface area contributed by atoms with Crippen LogP contribution in [0.5, 0.6) is 0 Å². The molecule has 1 aromatic heterocycles. The Morgan fingerprint density at radius 1 is 1.15 bits per heavy atom. The Kier molecular flexibility index (Phi) is 1.36. The molecule has 0 aliphatic rings. The van der Waals surface area contributed by atoms with Crippen LogP contribution >= 0.6 is 0 Å². The summed E-state index contributed by atoms with van der Waals surface area (Å²) in [5.74, 6) is 0.458. The quantitative estimate of drug-likeness (QED) is 0.505. The lowest BCUT2D eigenvalue weighted by molar-refractivity contribution is 0.965. The van der Waals surface area contributed by atoms with Gasteiger partial charge in [-0.25, -0.2) is 4.98 Å². The molecule has 13 heavy (non-hydrogen) atoms. The number of aromatic nitrogens is 2. The van der Waals surface area contributed by atoms with Crippen LogP contribution < -0.4 is 17.2 Å². The van der Waals surface area contributed by atoms with E-state index in [4.69, 9.17) is 17.2 Å². The van der Waals surface area contributed by atoms with E-state index >= 15 is 0 Å². The van der Waals surface area contributed by atoms with E-state index in [-0.39, 0.29) is 0 Å². The number of aryl methyl sites for hydroxylation is 1. The van der Waals surface area contributed by atoms with Gasteiger partial charge in [0.15, 0.2) is 0 Å². The highest BCUT2D eigenvalue weighted by molar-refractivity contribution is 5.87. The van der Waals surface area contributed by atoms with Gasteiger partial charge in [-0.15, -0.1) is 0 Å². The summed E-state index contributed by atoms with van der Waals surface area (Å²) in [5, 5.41) is 0. The van der Waals surface area contributed by atoms with Crippen LogP contribution in [0.15, 0.2) is 12.1 Å². The smallest absolute Gasteiger partial charge is 0.200 e. The van der Waals surface area contributed by atoms with Gasteiger partial charge in [0, 0.05) is 7.05 Å². The average molecular weight is 177 g/mol. The molecule has 0 bridgehead atoms. The Bertz CT molecular complexity index is 471. The molecule has 2 rings (SSSR count). The van der Waals surface area contributed by atoms with Crippen molar-refractivity contribution in [1.82, 2.24) is 9.55 Å². The van der Waals surface area contributed by atoms with Gasteiger partial charge in [-0.2, -0.15) is 0 Å². The first-order chi connectivity index (χ1) is 6.09. The van der Waals surface area contributed by atoms with Gasteiger partial charge in [-0.05, 0) is 12.1 Å². The fourth-order valence-electron chi connectivity index (χ4n) is 1.29. The summed E-state index contributed by atoms with van der Waals surface area (Å²) in [6.45, 7) is 0. The van der Waals surface area contributed by atoms with Crippen molar-refractivity contribution in [2.24, 2.45) is 7.05 Å². The van der Waals surface area contributed by atoms with E-state index in [0.29, 0.717) is 17.3 Å². The van der Waals surface area contributed by atoms with E-state index in [1.54, 1.807) is 16.7 Å². The first-order valence-corrected chi connectivity index (χ1v) is 3.86. The largest absolute Gasteiger partial charge is 0.397 e. The number of nitrogens with two attached hydrogens (primary N) is 3. The number of anilines is 3. The van der Waals surface area contributed by atoms with E-state index in [0.717, 1.165) is 11.0 Å². The Morgan fingerprint density at radius 2 is 1.77 bits per heavy atom. The average Bonchev–Trinajstić information content (AvgIpc) is 2.32. The molecule has 0 saturated heterocycles. The molecule has 5 nitrogen and oxygen atoms in total. The molecule has 0 radical (unpaired) electrons. The maximum atomic E-state index is 5.66. The van der Waals surface area contributed by atoms with Crippen LogP contribution in [0, 0.1) is 0 Å². The van der Waals surface area contributed by atoms with Gasteiger partial charge in [0.2, 0.25) is 5.95 Å². The van der Waals surface area contributed by atoms with E-state index in [9.17, 15) is 0 Å². The maximum Gasteiger partial charge on any atom is 0.200 e. The van der Waals surface area contributed by atoms with Gasteiger partial charge in [-0.1, -0.05) is 0 Å². The zero-order valence-electron chi connectivity index (χ0n) is 7.28. The molecule has 5 heteroatoms. The number of nitrogens with zero attached hydrogens (tertiary/aromatic N) is 2. The van der Waals surface area contributed by atoms with Crippen molar-refractivity contribution >= 4 is 28.4 Å². The van der Waals surface area contributed by atoms with E-state index in [1.807, 2.05) is 7.05 Å². The molecule has 6 N–H and O–H groups in total. The maximum absolute atomic E-state index is 5.66. The second-order valence-corrected chi connectivity index (χ2v) is 3.00. The highest BCUT2D eigenvalue weighted by atomic mass is 15.1. The minimum absolute atomic E-state index is 0.458. The van der Waals surface area contributed by atoms with Gasteiger partial charge in [0.25, 0.3) is 0 Å². The van der Waals surface area contributed by atoms with Crippen LogP contribution in [0.2, 0.25) is 0 Å². The number of rotatable bonds is 0. The molecule has 0 amide bonds. The van der Waals surface area contributed by atoms with E-state index in [2.05, 4.69) is 4.98 Å². The summed E-state index contributed by atoms with van der Waals surface area (Å²) < 4.78 is 1.77. The van der Waals surface area contributed by atoms with Crippen LogP contribution in [0.4, 0.5) is 17.3 Å². The van der Waals surface area contributed by atoms with Crippen LogP contribution in [0.3, 0.4) is 0 Å². The van der Waals surface area contributed by atoms with Gasteiger partial charge in [0.05, 0.1) is 22.4 Å². The zero-order chi connectivity index (χ0) is 9.59. The van der Waals surface area contributed by atoms with Crippen LogP contribution in [-0.4, -0.2) is 9.55 Å². The lowest BCUT2D eigenvalue weighted by Crippen LogP contribution is -1.97. The molecule has 68 valence electrons. The predicted octanol–water partition coefficient (Wildman–Crippen LogP) is 0.320. The molecule has 0 unspecified atom stereocenters. The minimum Gasteiger partial charge on any atom is -0.397 e. The standard InChI is InChI=1S/C8H11N5/c1-13-7-3-5(10)4(9)2-6(7)12-8(13)11/h2-3H,9-10H2,1H3,(H2,11,12). The molecule has 0 saturated carbocycles. The van der Waals surface area contributed by atoms with Crippen LogP contribution in [0.1, 0.15) is 0 Å². The monoisotopic (exact) mass is 177 g/mol. The normalized spacial score (nSPS) is 10.8. The highest BCUT2D eigenvalue weighted by Crippen LogP contribution is 2.24. The Morgan fingerprint density at radius 3 is 2.46 bits per heavy atom. The van der Waals surface area contributed by atoms with Crippen molar-refractivity contribution in [3.05, 3.63) is 12.1 Å². The van der Waals surface area contributed by atoms with Crippen LogP contribution in [-0.2, 0) is 7.05 Å². The Labute approximate surface area is 75.1 Å². The summed E-state index contributed by atoms with van der Waals surface area (Å²) in [5.41, 5.74) is 19.7. The SMILES string of the molecule is Cn1c(N)nc2cc(N)c(N)cc21.